The lowest BCUT2D eigenvalue weighted by molar-refractivity contribution is -0.0459. The first-order valence-corrected chi connectivity index (χ1v) is 39.9. The van der Waals surface area contributed by atoms with Crippen molar-refractivity contribution in [3.63, 3.8) is 0 Å². The molecule has 1 saturated carbocycles. The topological polar surface area (TPSA) is 77.4 Å². The number of hydrogen-bond donors (Lipinski definition) is 2. The quantitative estimate of drug-likeness (QED) is 0.0591. The third-order valence-corrected chi connectivity index (χ3v) is 20.9. The summed E-state index contributed by atoms with van der Waals surface area (Å²) in [6.45, 7) is 28.1. The summed E-state index contributed by atoms with van der Waals surface area (Å²) >= 11 is 0. The van der Waals surface area contributed by atoms with Crippen LogP contribution in [0.1, 0.15) is 397 Å². The standard InChI is InChI=1S/C81H162O6/c1-70(2)43-37-45-72(5)47-39-49-74(7)51-41-53-76(9)59-63-86-80(66-82)68-84-61-35-31-27-23-19-15-11-13-17-21-25-29-33-55-78-57-58-79(65-78)56-34-30-26-22-18-14-12-16-20-24-28-32-36-62-85-69-81(67-83)87-64-60-77(10)54-42-52-75(8)50-40-48-73(6)46-38-44-71(3)4/h70-83H,11-69H2,1-10H3/t72-,73-,74-,75-,76?,77?,78-,79+,80-,81-/m1/s1. The fraction of sp³-hybridized carbons (Fsp3) is 1.00. The molecular weight excluding hydrogens is 1070 g/mol. The highest BCUT2D eigenvalue weighted by Gasteiger charge is 2.24. The van der Waals surface area contributed by atoms with Gasteiger partial charge in [0, 0.05) is 26.4 Å². The maximum Gasteiger partial charge on any atom is 0.104 e. The summed E-state index contributed by atoms with van der Waals surface area (Å²) in [6, 6.07) is 0. The third kappa shape index (κ3) is 59.3. The highest BCUT2D eigenvalue weighted by atomic mass is 16.5. The van der Waals surface area contributed by atoms with Gasteiger partial charge in [0.15, 0.2) is 0 Å². The molecule has 2 unspecified atom stereocenters. The van der Waals surface area contributed by atoms with Crippen molar-refractivity contribution in [1.82, 2.24) is 0 Å². The number of aliphatic hydroxyl groups is 2. The number of ether oxygens (including phenoxy) is 4. The molecule has 6 nitrogen and oxygen atoms in total. The molecule has 0 radical (unpaired) electrons. The number of unbranched alkanes of at least 4 members (excludes halogenated alkanes) is 24. The van der Waals surface area contributed by atoms with E-state index < -0.39 is 0 Å². The van der Waals surface area contributed by atoms with Crippen molar-refractivity contribution in [1.29, 1.82) is 0 Å². The Morgan fingerprint density at radius 1 is 0.264 bits per heavy atom. The van der Waals surface area contributed by atoms with E-state index in [9.17, 15) is 10.2 Å². The summed E-state index contributed by atoms with van der Waals surface area (Å²) in [7, 11) is 0. The average molecular weight is 1230 g/mol. The Bertz CT molecular complexity index is 1240. The van der Waals surface area contributed by atoms with Crippen LogP contribution < -0.4 is 0 Å². The highest BCUT2D eigenvalue weighted by Crippen LogP contribution is 2.37. The van der Waals surface area contributed by atoms with E-state index in [1.54, 1.807) is 6.42 Å². The smallest absolute Gasteiger partial charge is 0.104 e. The number of hydrogen-bond acceptors (Lipinski definition) is 6. The molecule has 0 aromatic carbocycles. The largest absolute Gasteiger partial charge is 0.394 e. The lowest BCUT2D eigenvalue weighted by Gasteiger charge is -2.18. The van der Waals surface area contributed by atoms with Gasteiger partial charge in [0.25, 0.3) is 0 Å². The van der Waals surface area contributed by atoms with Gasteiger partial charge in [-0.25, -0.2) is 0 Å². The molecule has 0 saturated heterocycles. The molecule has 1 aliphatic carbocycles. The van der Waals surface area contributed by atoms with E-state index >= 15 is 0 Å². The van der Waals surface area contributed by atoms with Gasteiger partial charge < -0.3 is 29.2 Å². The van der Waals surface area contributed by atoms with Crippen LogP contribution >= 0.6 is 0 Å². The normalized spacial score (nSPS) is 17.6. The predicted molar refractivity (Wildman–Crippen MR) is 382 cm³/mol. The molecule has 2 N–H and O–H groups in total. The first-order valence-electron chi connectivity index (χ1n) is 39.9. The number of aliphatic hydroxyl groups excluding tert-OH is 2. The molecule has 0 spiro atoms. The molecule has 87 heavy (non-hydrogen) atoms. The van der Waals surface area contributed by atoms with Crippen molar-refractivity contribution in [3.8, 4) is 0 Å². The molecular formula is C81H162O6. The lowest BCUT2D eigenvalue weighted by Crippen LogP contribution is -2.25. The van der Waals surface area contributed by atoms with Gasteiger partial charge >= 0.3 is 0 Å². The zero-order valence-corrected chi connectivity index (χ0v) is 61.2. The molecule has 0 aromatic heterocycles. The first kappa shape index (κ1) is 84.8. The number of rotatable bonds is 70. The van der Waals surface area contributed by atoms with Crippen LogP contribution in [0.4, 0.5) is 0 Å². The average Bonchev–Trinajstić information content (AvgIpc) is 4.23. The zero-order chi connectivity index (χ0) is 63.5. The van der Waals surface area contributed by atoms with Gasteiger partial charge in [0.2, 0.25) is 0 Å². The second-order valence-electron chi connectivity index (χ2n) is 31.4. The van der Waals surface area contributed by atoms with Gasteiger partial charge in [0.1, 0.15) is 12.2 Å². The Morgan fingerprint density at radius 2 is 0.494 bits per heavy atom. The summed E-state index contributed by atoms with van der Waals surface area (Å²) in [6.07, 6.45) is 70.2. The minimum atomic E-state index is -0.180. The van der Waals surface area contributed by atoms with E-state index in [1.165, 1.54) is 295 Å². The summed E-state index contributed by atoms with van der Waals surface area (Å²) in [5.41, 5.74) is 0. The Morgan fingerprint density at radius 3 is 0.747 bits per heavy atom. The van der Waals surface area contributed by atoms with E-state index in [1.807, 2.05) is 0 Å². The molecule has 0 aromatic rings. The Balaban J connectivity index is 1.81. The Hall–Kier alpha value is -0.240. The molecule has 0 amide bonds. The van der Waals surface area contributed by atoms with Crippen LogP contribution in [0.25, 0.3) is 0 Å². The second-order valence-corrected chi connectivity index (χ2v) is 31.4. The monoisotopic (exact) mass is 1230 g/mol. The van der Waals surface area contributed by atoms with Crippen molar-refractivity contribution >= 4 is 0 Å². The molecule has 0 aliphatic heterocycles. The van der Waals surface area contributed by atoms with E-state index in [4.69, 9.17) is 18.9 Å². The fourth-order valence-electron chi connectivity index (χ4n) is 14.3. The maximum absolute atomic E-state index is 9.84. The summed E-state index contributed by atoms with van der Waals surface area (Å²) < 4.78 is 23.9. The molecule has 1 fully saturated rings. The van der Waals surface area contributed by atoms with Crippen molar-refractivity contribution in [2.24, 2.45) is 59.2 Å². The van der Waals surface area contributed by atoms with Gasteiger partial charge in [-0.15, -0.1) is 0 Å². The minimum Gasteiger partial charge on any atom is -0.394 e. The van der Waals surface area contributed by atoms with E-state index in [2.05, 4.69) is 69.2 Å². The summed E-state index contributed by atoms with van der Waals surface area (Å²) in [5, 5.41) is 19.7. The van der Waals surface area contributed by atoms with Gasteiger partial charge in [-0.2, -0.15) is 0 Å². The second kappa shape index (κ2) is 63.2. The highest BCUT2D eigenvalue weighted by molar-refractivity contribution is 4.76. The van der Waals surface area contributed by atoms with Crippen LogP contribution in [-0.2, 0) is 18.9 Å². The SMILES string of the molecule is CC(C)CCC[C@@H](C)CCC[C@@H](C)CCCC(C)CCO[C@H](CO)COCCCCCCCCCCCCCCC[C@@H]1CC[C@H](CCCCCCCCCCCCCCCOC[C@@H](CO)OCCC(C)CCC[C@H](C)CCC[C@H](C)CCCC(C)C)C1. The van der Waals surface area contributed by atoms with Gasteiger partial charge in [-0.1, -0.05) is 365 Å². The first-order chi connectivity index (χ1) is 42.3. The molecule has 522 valence electrons. The van der Waals surface area contributed by atoms with Gasteiger partial charge in [-0.05, 0) is 91.3 Å². The van der Waals surface area contributed by atoms with Crippen molar-refractivity contribution in [2.45, 2.75) is 409 Å². The van der Waals surface area contributed by atoms with E-state index in [0.29, 0.717) is 25.0 Å². The van der Waals surface area contributed by atoms with Crippen molar-refractivity contribution < 1.29 is 29.2 Å². The summed E-state index contributed by atoms with van der Waals surface area (Å²) in [4.78, 5) is 0. The molecule has 10 atom stereocenters. The van der Waals surface area contributed by atoms with Crippen molar-refractivity contribution in [2.75, 3.05) is 52.9 Å². The Labute approximate surface area is 547 Å². The predicted octanol–water partition coefficient (Wildman–Crippen LogP) is 25.0. The third-order valence-electron chi connectivity index (χ3n) is 20.9. The zero-order valence-electron chi connectivity index (χ0n) is 61.2. The molecule has 0 heterocycles. The van der Waals surface area contributed by atoms with Crippen LogP contribution in [-0.4, -0.2) is 75.3 Å². The Kier molecular flexibility index (Phi) is 61.6. The van der Waals surface area contributed by atoms with Crippen LogP contribution in [0.15, 0.2) is 0 Å². The molecule has 1 aliphatic rings. The molecule has 6 heteroatoms. The van der Waals surface area contributed by atoms with E-state index in [-0.39, 0.29) is 25.4 Å². The molecule has 0 bridgehead atoms. The van der Waals surface area contributed by atoms with Crippen LogP contribution in [0, 0.1) is 59.2 Å². The van der Waals surface area contributed by atoms with E-state index in [0.717, 1.165) is 99.5 Å². The van der Waals surface area contributed by atoms with Crippen LogP contribution in [0.2, 0.25) is 0 Å². The van der Waals surface area contributed by atoms with Crippen LogP contribution in [0.3, 0.4) is 0 Å². The molecule has 1 rings (SSSR count). The van der Waals surface area contributed by atoms with Crippen molar-refractivity contribution in [3.05, 3.63) is 0 Å². The fourth-order valence-corrected chi connectivity index (χ4v) is 14.3. The summed E-state index contributed by atoms with van der Waals surface area (Å²) in [5.74, 6) is 8.61. The minimum absolute atomic E-state index is 0.0528. The van der Waals surface area contributed by atoms with Crippen LogP contribution in [0.5, 0.6) is 0 Å². The maximum atomic E-state index is 9.84. The van der Waals surface area contributed by atoms with Gasteiger partial charge in [0.05, 0.1) is 26.4 Å². The lowest BCUT2D eigenvalue weighted by atomic mass is 9.91. The van der Waals surface area contributed by atoms with Gasteiger partial charge in [-0.3, -0.25) is 0 Å².